The lowest BCUT2D eigenvalue weighted by atomic mass is 10.1. The van der Waals surface area contributed by atoms with Crippen molar-refractivity contribution in [1.82, 2.24) is 19.4 Å². The van der Waals surface area contributed by atoms with Crippen LogP contribution in [-0.2, 0) is 11.3 Å². The van der Waals surface area contributed by atoms with Crippen LogP contribution in [0.3, 0.4) is 0 Å². The van der Waals surface area contributed by atoms with Gasteiger partial charge in [0.05, 0.1) is 30.0 Å². The van der Waals surface area contributed by atoms with E-state index < -0.39 is 0 Å². The topological polar surface area (TPSA) is 60.2 Å². The molecular formula is C15H20N4O2. The maximum atomic E-state index is 12.4. The van der Waals surface area contributed by atoms with Crippen LogP contribution in [0.2, 0.25) is 0 Å². The Morgan fingerprint density at radius 1 is 1.48 bits per heavy atom. The predicted molar refractivity (Wildman–Crippen MR) is 80.2 cm³/mol. The average Bonchev–Trinajstić information content (AvgIpc) is 2.96. The number of ether oxygens (including phenoxy) is 1. The molecule has 3 heterocycles. The van der Waals surface area contributed by atoms with Crippen LogP contribution in [-0.4, -0.2) is 52.8 Å². The lowest BCUT2D eigenvalue weighted by molar-refractivity contribution is 0.158. The summed E-state index contributed by atoms with van der Waals surface area (Å²) >= 11 is 0. The smallest absolute Gasteiger partial charge is 0.261 e. The van der Waals surface area contributed by atoms with Crippen LogP contribution in [0.25, 0.3) is 10.9 Å². The number of hydrogen-bond acceptors (Lipinski definition) is 5. The van der Waals surface area contributed by atoms with Crippen molar-refractivity contribution in [2.24, 2.45) is 5.92 Å². The maximum absolute atomic E-state index is 12.4. The van der Waals surface area contributed by atoms with E-state index in [1.54, 1.807) is 36.5 Å². The second-order valence-corrected chi connectivity index (χ2v) is 5.54. The summed E-state index contributed by atoms with van der Waals surface area (Å²) in [5.74, 6) is 0.501. The number of likely N-dealkylation sites (tertiary alicyclic amines) is 1. The van der Waals surface area contributed by atoms with Crippen LogP contribution in [0.4, 0.5) is 0 Å². The van der Waals surface area contributed by atoms with E-state index in [0.717, 1.165) is 39.2 Å². The highest BCUT2D eigenvalue weighted by molar-refractivity contribution is 5.75. The summed E-state index contributed by atoms with van der Waals surface area (Å²) in [6, 6.07) is 1.74. The first-order valence-corrected chi connectivity index (χ1v) is 7.28. The normalized spacial score (nSPS) is 19.4. The second-order valence-electron chi connectivity index (χ2n) is 5.54. The number of nitrogens with zero attached hydrogens (tertiary/aromatic N) is 4. The van der Waals surface area contributed by atoms with Crippen LogP contribution in [0.5, 0.6) is 0 Å². The fourth-order valence-electron chi connectivity index (χ4n) is 2.90. The van der Waals surface area contributed by atoms with E-state index in [1.165, 1.54) is 0 Å². The molecule has 1 aliphatic rings. The lowest BCUT2D eigenvalue weighted by Gasteiger charge is -2.16. The summed E-state index contributed by atoms with van der Waals surface area (Å²) in [5.41, 5.74) is 0.685. The van der Waals surface area contributed by atoms with Crippen molar-refractivity contribution in [3.63, 3.8) is 0 Å². The van der Waals surface area contributed by atoms with Crippen molar-refractivity contribution in [3.05, 3.63) is 35.1 Å². The highest BCUT2D eigenvalue weighted by Crippen LogP contribution is 2.17. The Balaban J connectivity index is 1.71. The molecule has 0 unspecified atom stereocenters. The van der Waals surface area contributed by atoms with E-state index in [1.807, 2.05) is 0 Å². The first kappa shape index (κ1) is 14.2. The molecule has 6 nitrogen and oxygen atoms in total. The number of aromatic nitrogens is 3. The van der Waals surface area contributed by atoms with Gasteiger partial charge < -0.3 is 9.64 Å². The third kappa shape index (κ3) is 3.11. The first-order valence-electron chi connectivity index (χ1n) is 7.28. The molecule has 0 aliphatic carbocycles. The summed E-state index contributed by atoms with van der Waals surface area (Å²) in [4.78, 5) is 23.1. The molecule has 0 N–H and O–H groups in total. The van der Waals surface area contributed by atoms with Crippen molar-refractivity contribution in [2.75, 3.05) is 33.4 Å². The van der Waals surface area contributed by atoms with Gasteiger partial charge in [0, 0.05) is 32.9 Å². The van der Waals surface area contributed by atoms with Crippen LogP contribution < -0.4 is 5.56 Å². The molecule has 1 aliphatic heterocycles. The molecule has 1 atom stereocenters. The van der Waals surface area contributed by atoms with Crippen molar-refractivity contribution >= 4 is 10.9 Å². The van der Waals surface area contributed by atoms with Crippen molar-refractivity contribution in [3.8, 4) is 0 Å². The second kappa shape index (κ2) is 6.32. The fraction of sp³-hybridized carbons (Fsp3) is 0.533. The van der Waals surface area contributed by atoms with E-state index in [0.29, 0.717) is 16.8 Å². The van der Waals surface area contributed by atoms with Crippen LogP contribution in [0.1, 0.15) is 6.42 Å². The molecule has 0 radical (unpaired) electrons. The Morgan fingerprint density at radius 3 is 3.24 bits per heavy atom. The molecule has 0 saturated carbocycles. The van der Waals surface area contributed by atoms with Gasteiger partial charge in [0.2, 0.25) is 0 Å². The molecule has 0 spiro atoms. The van der Waals surface area contributed by atoms with Crippen molar-refractivity contribution in [2.45, 2.75) is 13.0 Å². The van der Waals surface area contributed by atoms with Crippen molar-refractivity contribution < 1.29 is 4.74 Å². The van der Waals surface area contributed by atoms with Gasteiger partial charge in [0.15, 0.2) is 0 Å². The SMILES string of the molecule is COCCN1CC[C@H](Cn2cnc3cnccc3c2=O)C1. The maximum Gasteiger partial charge on any atom is 0.261 e. The minimum Gasteiger partial charge on any atom is -0.383 e. The molecule has 112 valence electrons. The molecule has 1 fully saturated rings. The number of rotatable bonds is 5. The summed E-state index contributed by atoms with van der Waals surface area (Å²) in [6.45, 7) is 4.55. The zero-order valence-corrected chi connectivity index (χ0v) is 12.2. The van der Waals surface area contributed by atoms with E-state index in [4.69, 9.17) is 4.74 Å². The van der Waals surface area contributed by atoms with Gasteiger partial charge in [-0.1, -0.05) is 0 Å². The van der Waals surface area contributed by atoms with Gasteiger partial charge in [0.1, 0.15) is 0 Å². The van der Waals surface area contributed by atoms with Gasteiger partial charge in [0.25, 0.3) is 5.56 Å². The molecule has 0 amide bonds. The number of pyridine rings is 1. The summed E-state index contributed by atoms with van der Waals surface area (Å²) < 4.78 is 6.84. The summed E-state index contributed by atoms with van der Waals surface area (Å²) in [7, 11) is 1.72. The number of methoxy groups -OCH3 is 1. The van der Waals surface area contributed by atoms with E-state index in [9.17, 15) is 4.79 Å². The number of fused-ring (bicyclic) bond motifs is 1. The van der Waals surface area contributed by atoms with Gasteiger partial charge in [-0.05, 0) is 24.9 Å². The zero-order chi connectivity index (χ0) is 14.7. The monoisotopic (exact) mass is 288 g/mol. The molecule has 21 heavy (non-hydrogen) atoms. The Labute approximate surface area is 123 Å². The first-order chi connectivity index (χ1) is 10.3. The standard InChI is InChI=1S/C15H20N4O2/c1-21-7-6-18-5-3-12(9-18)10-19-11-17-14-8-16-4-2-13(14)15(19)20/h2,4,8,11-12H,3,5-7,9-10H2,1H3/t12-/m0/s1. The van der Waals surface area contributed by atoms with Crippen LogP contribution in [0, 0.1) is 5.92 Å². The quantitative estimate of drug-likeness (QED) is 0.813. The van der Waals surface area contributed by atoms with E-state index in [2.05, 4.69) is 14.9 Å². The molecule has 0 bridgehead atoms. The zero-order valence-electron chi connectivity index (χ0n) is 12.2. The highest BCUT2D eigenvalue weighted by Gasteiger charge is 2.22. The average molecular weight is 288 g/mol. The lowest BCUT2D eigenvalue weighted by Crippen LogP contribution is -2.28. The Morgan fingerprint density at radius 2 is 2.38 bits per heavy atom. The summed E-state index contributed by atoms with van der Waals surface area (Å²) in [6.07, 6.45) is 6.02. The Hall–Kier alpha value is -1.79. The molecule has 3 rings (SSSR count). The van der Waals surface area contributed by atoms with E-state index in [-0.39, 0.29) is 5.56 Å². The van der Waals surface area contributed by atoms with Crippen LogP contribution >= 0.6 is 0 Å². The predicted octanol–water partition coefficient (Wildman–Crippen LogP) is 0.760. The third-order valence-corrected chi connectivity index (χ3v) is 4.06. The van der Waals surface area contributed by atoms with Gasteiger partial charge in [-0.3, -0.25) is 14.3 Å². The molecular weight excluding hydrogens is 268 g/mol. The largest absolute Gasteiger partial charge is 0.383 e. The molecule has 6 heteroatoms. The Kier molecular flexibility index (Phi) is 4.26. The summed E-state index contributed by atoms with van der Waals surface area (Å²) in [5, 5.41) is 0.640. The van der Waals surface area contributed by atoms with Gasteiger partial charge in [-0.2, -0.15) is 0 Å². The minimum atomic E-state index is 0.0257. The molecule has 1 saturated heterocycles. The van der Waals surface area contributed by atoms with Gasteiger partial charge >= 0.3 is 0 Å². The van der Waals surface area contributed by atoms with Crippen molar-refractivity contribution in [1.29, 1.82) is 0 Å². The third-order valence-electron chi connectivity index (χ3n) is 4.06. The highest BCUT2D eigenvalue weighted by atomic mass is 16.5. The van der Waals surface area contributed by atoms with Crippen LogP contribution in [0.15, 0.2) is 29.6 Å². The molecule has 0 aromatic carbocycles. The Bertz CT molecular complexity index is 670. The van der Waals surface area contributed by atoms with E-state index >= 15 is 0 Å². The minimum absolute atomic E-state index is 0.0257. The van der Waals surface area contributed by atoms with Gasteiger partial charge in [-0.15, -0.1) is 0 Å². The fourth-order valence-corrected chi connectivity index (χ4v) is 2.90. The molecule has 2 aromatic heterocycles. The molecule has 2 aromatic rings. The number of hydrogen-bond donors (Lipinski definition) is 0. The van der Waals surface area contributed by atoms with Gasteiger partial charge in [-0.25, -0.2) is 4.98 Å².